The molecule has 41 heavy (non-hydrogen) atoms. The molecular weight excluding hydrogens is 552 g/mol. The summed E-state index contributed by atoms with van der Waals surface area (Å²) in [5.41, 5.74) is 3.10. The summed E-state index contributed by atoms with van der Waals surface area (Å²) in [4.78, 5) is 12.4. The van der Waals surface area contributed by atoms with Crippen LogP contribution in [0.1, 0.15) is 31.4 Å². The first kappa shape index (κ1) is 27.3. The number of hydrogen-bond donors (Lipinski definition) is 2. The van der Waals surface area contributed by atoms with Gasteiger partial charge < -0.3 is 14.8 Å². The van der Waals surface area contributed by atoms with Crippen LogP contribution < -0.4 is 19.5 Å². The maximum absolute atomic E-state index is 14.3. The smallest absolute Gasteiger partial charge is 0.264 e. The number of hydrogen-bond acceptors (Lipinski definition) is 8. The first-order valence-corrected chi connectivity index (χ1v) is 14.8. The SMILES string of the molecule is COc1ncc(-c2cc(OC3CCC4(CC3)CNC4)c3ncnc(C)c3c2)cc1NS(=O)(=O)c1ccc(F)cc1F. The first-order chi connectivity index (χ1) is 19.7. The van der Waals surface area contributed by atoms with Crippen molar-refractivity contribution in [2.45, 2.75) is 43.6 Å². The van der Waals surface area contributed by atoms with E-state index in [1.54, 1.807) is 12.3 Å². The van der Waals surface area contributed by atoms with Gasteiger partial charge in [0.2, 0.25) is 5.88 Å². The van der Waals surface area contributed by atoms with E-state index >= 15 is 0 Å². The van der Waals surface area contributed by atoms with E-state index in [1.165, 1.54) is 13.4 Å². The summed E-state index contributed by atoms with van der Waals surface area (Å²) >= 11 is 0. The van der Waals surface area contributed by atoms with Crippen LogP contribution in [0.15, 0.2) is 53.8 Å². The molecule has 1 spiro atoms. The van der Waals surface area contributed by atoms with Crippen LogP contribution >= 0.6 is 0 Å². The number of pyridine rings is 1. The van der Waals surface area contributed by atoms with E-state index < -0.39 is 26.6 Å². The Kier molecular flexibility index (Phi) is 6.98. The Morgan fingerprint density at radius 2 is 1.80 bits per heavy atom. The lowest BCUT2D eigenvalue weighted by molar-refractivity contribution is 0.0427. The molecule has 1 saturated heterocycles. The summed E-state index contributed by atoms with van der Waals surface area (Å²) in [6, 6.07) is 7.56. The van der Waals surface area contributed by atoms with Crippen LogP contribution in [0.3, 0.4) is 0 Å². The zero-order chi connectivity index (χ0) is 28.8. The summed E-state index contributed by atoms with van der Waals surface area (Å²) in [6.07, 6.45) is 7.23. The highest BCUT2D eigenvalue weighted by Gasteiger charge is 2.40. The third kappa shape index (κ3) is 5.29. The fourth-order valence-corrected chi connectivity index (χ4v) is 6.70. The largest absolute Gasteiger partial charge is 0.488 e. The molecule has 4 aromatic rings. The van der Waals surface area contributed by atoms with E-state index in [-0.39, 0.29) is 17.7 Å². The van der Waals surface area contributed by atoms with Crippen molar-refractivity contribution < 1.29 is 26.7 Å². The zero-order valence-corrected chi connectivity index (χ0v) is 23.4. The van der Waals surface area contributed by atoms with Gasteiger partial charge in [-0.1, -0.05) is 0 Å². The maximum Gasteiger partial charge on any atom is 0.264 e. The van der Waals surface area contributed by atoms with Gasteiger partial charge in [-0.05, 0) is 73.9 Å². The number of nitrogens with zero attached hydrogens (tertiary/aromatic N) is 3. The van der Waals surface area contributed by atoms with Crippen molar-refractivity contribution in [3.8, 4) is 22.8 Å². The van der Waals surface area contributed by atoms with Gasteiger partial charge in [0.05, 0.1) is 13.2 Å². The predicted octanol–water partition coefficient (Wildman–Crippen LogP) is 5.00. The highest BCUT2D eigenvalue weighted by atomic mass is 32.2. The van der Waals surface area contributed by atoms with Gasteiger partial charge in [0.1, 0.15) is 39.8 Å². The van der Waals surface area contributed by atoms with Crippen LogP contribution in [0.25, 0.3) is 22.0 Å². The molecule has 6 rings (SSSR count). The molecule has 0 atom stereocenters. The van der Waals surface area contributed by atoms with Crippen molar-refractivity contribution in [1.82, 2.24) is 20.3 Å². The number of methoxy groups -OCH3 is 1. The maximum atomic E-state index is 14.3. The van der Waals surface area contributed by atoms with Gasteiger partial charge in [-0.3, -0.25) is 4.72 Å². The Bertz CT molecular complexity index is 1740. The van der Waals surface area contributed by atoms with Crippen molar-refractivity contribution in [2.75, 3.05) is 24.9 Å². The number of ether oxygens (including phenoxy) is 2. The number of benzene rings is 2. The number of aryl methyl sites for hydroxylation is 1. The lowest BCUT2D eigenvalue weighted by Gasteiger charge is -2.47. The quantitative estimate of drug-likeness (QED) is 0.314. The lowest BCUT2D eigenvalue weighted by Crippen LogP contribution is -2.55. The molecule has 1 aliphatic heterocycles. The third-order valence-electron chi connectivity index (χ3n) is 8.00. The molecule has 12 heteroatoms. The molecule has 0 radical (unpaired) electrons. The van der Waals surface area contributed by atoms with E-state index in [0.717, 1.165) is 62.0 Å². The summed E-state index contributed by atoms with van der Waals surface area (Å²) < 4.78 is 67.9. The number of nitrogens with one attached hydrogen (secondary N) is 2. The minimum Gasteiger partial charge on any atom is -0.488 e. The molecule has 2 aromatic carbocycles. The van der Waals surface area contributed by atoms with E-state index in [2.05, 4.69) is 25.0 Å². The van der Waals surface area contributed by atoms with E-state index in [1.807, 2.05) is 19.1 Å². The van der Waals surface area contributed by atoms with Crippen LogP contribution in [-0.2, 0) is 10.0 Å². The molecule has 2 N–H and O–H groups in total. The average molecular weight is 582 g/mol. The minimum absolute atomic E-state index is 0.0102. The van der Waals surface area contributed by atoms with Crippen LogP contribution in [0.2, 0.25) is 0 Å². The first-order valence-electron chi connectivity index (χ1n) is 13.3. The summed E-state index contributed by atoms with van der Waals surface area (Å²) in [7, 11) is -3.09. The van der Waals surface area contributed by atoms with Crippen LogP contribution in [0, 0.1) is 24.0 Å². The number of rotatable bonds is 7. The van der Waals surface area contributed by atoms with Crippen molar-refractivity contribution in [3.05, 3.63) is 66.3 Å². The summed E-state index contributed by atoms with van der Waals surface area (Å²) in [6.45, 7) is 4.01. The second-order valence-electron chi connectivity index (χ2n) is 10.7. The molecule has 2 fully saturated rings. The Labute approximate surface area is 236 Å². The molecule has 2 aliphatic rings. The zero-order valence-electron chi connectivity index (χ0n) is 22.6. The van der Waals surface area contributed by atoms with Gasteiger partial charge in [-0.2, -0.15) is 0 Å². The van der Waals surface area contributed by atoms with Crippen LogP contribution in [0.5, 0.6) is 11.6 Å². The Morgan fingerprint density at radius 1 is 1.02 bits per heavy atom. The average Bonchev–Trinajstić information content (AvgIpc) is 2.92. The van der Waals surface area contributed by atoms with Crippen molar-refractivity contribution in [3.63, 3.8) is 0 Å². The van der Waals surface area contributed by atoms with Crippen molar-refractivity contribution in [1.29, 1.82) is 0 Å². The summed E-state index contributed by atoms with van der Waals surface area (Å²) in [5.74, 6) is -1.50. The van der Waals surface area contributed by atoms with Gasteiger partial charge >= 0.3 is 0 Å². The molecule has 214 valence electrons. The fraction of sp³-hybridized carbons (Fsp3) is 0.345. The second kappa shape index (κ2) is 10.5. The third-order valence-corrected chi connectivity index (χ3v) is 9.39. The van der Waals surface area contributed by atoms with E-state index in [4.69, 9.17) is 9.47 Å². The number of halogens is 2. The van der Waals surface area contributed by atoms with Crippen LogP contribution in [-0.4, -0.2) is 49.7 Å². The highest BCUT2D eigenvalue weighted by molar-refractivity contribution is 7.92. The second-order valence-corrected chi connectivity index (χ2v) is 12.4. The van der Waals surface area contributed by atoms with Gasteiger partial charge in [0, 0.05) is 42.0 Å². The summed E-state index contributed by atoms with van der Waals surface area (Å²) in [5, 5.41) is 4.18. The monoisotopic (exact) mass is 581 g/mol. The highest BCUT2D eigenvalue weighted by Crippen LogP contribution is 2.42. The van der Waals surface area contributed by atoms with Gasteiger partial charge in [0.15, 0.2) is 0 Å². The van der Waals surface area contributed by atoms with Crippen LogP contribution in [0.4, 0.5) is 14.5 Å². The number of anilines is 1. The lowest BCUT2D eigenvalue weighted by atomic mass is 9.69. The number of aromatic nitrogens is 3. The Hall–Kier alpha value is -3.90. The number of sulfonamides is 1. The molecule has 3 heterocycles. The standard InChI is InChI=1S/C29H29F2N5O4S/c1-17-22-9-18(11-25(27(22)35-16-34-17)40-21-5-7-29(8-6-21)14-32-15-29)19-10-24(28(39-2)33-13-19)36-41(37,38)26-4-3-20(30)12-23(26)31/h3-4,9-13,16,21,32,36H,5-8,14-15H2,1-2H3. The topological polar surface area (TPSA) is 115 Å². The molecule has 0 bridgehead atoms. The number of fused-ring (bicyclic) bond motifs is 1. The van der Waals surface area contributed by atoms with Gasteiger partial charge in [0.25, 0.3) is 10.0 Å². The Balaban J connectivity index is 1.36. The molecule has 1 saturated carbocycles. The fourth-order valence-electron chi connectivity index (χ4n) is 5.59. The molecule has 9 nitrogen and oxygen atoms in total. The molecule has 0 unspecified atom stereocenters. The molecule has 1 aliphatic carbocycles. The Morgan fingerprint density at radius 3 is 2.49 bits per heavy atom. The van der Waals surface area contributed by atoms with Gasteiger partial charge in [-0.15, -0.1) is 0 Å². The van der Waals surface area contributed by atoms with Gasteiger partial charge in [-0.25, -0.2) is 32.2 Å². The van der Waals surface area contributed by atoms with Crippen molar-refractivity contribution >= 4 is 26.6 Å². The van der Waals surface area contributed by atoms with E-state index in [0.29, 0.717) is 33.9 Å². The molecule has 2 aromatic heterocycles. The normalized spacial score (nSPS) is 16.9. The van der Waals surface area contributed by atoms with Crippen molar-refractivity contribution in [2.24, 2.45) is 5.41 Å². The molecular formula is C29H29F2N5O4S. The minimum atomic E-state index is -4.43. The van der Waals surface area contributed by atoms with E-state index in [9.17, 15) is 17.2 Å². The molecule has 0 amide bonds. The predicted molar refractivity (Wildman–Crippen MR) is 149 cm³/mol.